The minimum atomic E-state index is -0.844. The number of hydrogen-bond acceptors (Lipinski definition) is 6. The highest BCUT2D eigenvalue weighted by Gasteiger charge is 2.49. The Hall–Kier alpha value is -5.53. The van der Waals surface area contributed by atoms with Crippen LogP contribution in [-0.2, 0) is 20.9 Å². The molecule has 0 N–H and O–H groups in total. The quantitative estimate of drug-likeness (QED) is 0.149. The number of amides is 2. The van der Waals surface area contributed by atoms with E-state index in [9.17, 15) is 14.4 Å². The third-order valence-electron chi connectivity index (χ3n) is 8.20. The number of carbonyl (C=O) groups is 3. The highest BCUT2D eigenvalue weighted by molar-refractivity contribution is 5.95. The molecule has 1 saturated heterocycles. The van der Waals surface area contributed by atoms with E-state index in [2.05, 4.69) is 0 Å². The number of hydrogen-bond donors (Lipinski definition) is 0. The van der Waals surface area contributed by atoms with Crippen molar-refractivity contribution in [3.8, 4) is 0 Å². The number of nitrogens with zero attached hydrogens (tertiary/aromatic N) is 2. The summed E-state index contributed by atoms with van der Waals surface area (Å²) >= 11 is 0. The Labute approximate surface area is 268 Å². The highest BCUT2D eigenvalue weighted by Crippen LogP contribution is 2.45. The fraction of sp³-hybridized carbons (Fsp3) is 0.154. The third kappa shape index (κ3) is 6.60. The van der Waals surface area contributed by atoms with Crippen LogP contribution in [0.25, 0.3) is 0 Å². The standard InChI is InChI=1S/C39H34N2O5/c1-28(37(42)41-35(31-21-11-4-12-22-31)36(45-39(41)44)32-23-13-5-14-24-32)34(30-19-9-3-10-20-30)40(27-29-17-7-2-8-18-29)46-38(43)33-25-15-6-16-26-33/h2-26,28,34-36H,27H2,1H3/t28-,34-,35+,36-/m1/s1. The van der Waals surface area contributed by atoms with E-state index in [1.165, 1.54) is 4.90 Å². The second-order valence-corrected chi connectivity index (χ2v) is 11.2. The SMILES string of the molecule is C[C@@H](C(=O)N1C(=O)O[C@H](c2ccccc2)[C@@H]1c1ccccc1)[C@H](c1ccccc1)N(Cc1ccccc1)OC(=O)c1ccccc1. The zero-order valence-electron chi connectivity index (χ0n) is 25.4. The van der Waals surface area contributed by atoms with Crippen molar-refractivity contribution in [3.05, 3.63) is 179 Å². The first kappa shape index (κ1) is 30.5. The van der Waals surface area contributed by atoms with Gasteiger partial charge in [0, 0.05) is 0 Å². The number of hydroxylamine groups is 2. The molecule has 2 amide bonds. The van der Waals surface area contributed by atoms with Crippen molar-refractivity contribution in [2.24, 2.45) is 5.92 Å². The lowest BCUT2D eigenvalue weighted by Gasteiger charge is -2.35. The maximum atomic E-state index is 14.7. The Balaban J connectivity index is 1.40. The second kappa shape index (κ2) is 14.1. The van der Waals surface area contributed by atoms with E-state index in [4.69, 9.17) is 9.57 Å². The van der Waals surface area contributed by atoms with Crippen LogP contribution in [0, 0.1) is 5.92 Å². The molecule has 5 aromatic rings. The molecular formula is C39H34N2O5. The summed E-state index contributed by atoms with van der Waals surface area (Å²) in [4.78, 5) is 49.2. The zero-order chi connectivity index (χ0) is 31.9. The Morgan fingerprint density at radius 3 is 1.80 bits per heavy atom. The smallest absolute Gasteiger partial charge is 0.417 e. The summed E-state index contributed by atoms with van der Waals surface area (Å²) in [6.07, 6.45) is -1.42. The van der Waals surface area contributed by atoms with Gasteiger partial charge in [-0.25, -0.2) is 14.5 Å². The average Bonchev–Trinajstić information content (AvgIpc) is 3.46. The van der Waals surface area contributed by atoms with Gasteiger partial charge in [0.15, 0.2) is 6.10 Å². The molecule has 7 heteroatoms. The normalized spacial score (nSPS) is 17.3. The molecule has 1 heterocycles. The minimum absolute atomic E-state index is 0.204. The van der Waals surface area contributed by atoms with Gasteiger partial charge in [-0.1, -0.05) is 146 Å². The molecule has 0 radical (unpaired) electrons. The first-order valence-corrected chi connectivity index (χ1v) is 15.3. The Morgan fingerprint density at radius 1 is 0.717 bits per heavy atom. The van der Waals surface area contributed by atoms with Crippen molar-refractivity contribution in [2.75, 3.05) is 0 Å². The van der Waals surface area contributed by atoms with Crippen molar-refractivity contribution in [1.82, 2.24) is 9.96 Å². The molecule has 7 nitrogen and oxygen atoms in total. The van der Waals surface area contributed by atoms with Crippen molar-refractivity contribution in [1.29, 1.82) is 0 Å². The molecule has 6 rings (SSSR count). The molecule has 0 aromatic heterocycles. The molecule has 0 unspecified atom stereocenters. The van der Waals surface area contributed by atoms with Crippen LogP contribution in [-0.4, -0.2) is 27.9 Å². The predicted molar refractivity (Wildman–Crippen MR) is 174 cm³/mol. The number of benzene rings is 5. The molecule has 5 aromatic carbocycles. The summed E-state index contributed by atoms with van der Waals surface area (Å²) in [7, 11) is 0. The summed E-state index contributed by atoms with van der Waals surface area (Å²) < 4.78 is 5.93. The van der Waals surface area contributed by atoms with Gasteiger partial charge in [-0.05, 0) is 34.4 Å². The van der Waals surface area contributed by atoms with Gasteiger partial charge in [0.2, 0.25) is 5.91 Å². The van der Waals surface area contributed by atoms with E-state index in [-0.39, 0.29) is 6.54 Å². The summed E-state index contributed by atoms with van der Waals surface area (Å²) in [6, 6.07) is 45.2. The lowest BCUT2D eigenvalue weighted by molar-refractivity contribution is -0.168. The number of rotatable bonds is 10. The number of carbonyl (C=O) groups excluding carboxylic acids is 3. The Morgan fingerprint density at radius 2 is 1.22 bits per heavy atom. The maximum Gasteiger partial charge on any atom is 0.417 e. The Bertz CT molecular complexity index is 1750. The molecule has 0 bridgehead atoms. The predicted octanol–water partition coefficient (Wildman–Crippen LogP) is 8.10. The molecule has 0 aliphatic carbocycles. The van der Waals surface area contributed by atoms with Gasteiger partial charge < -0.3 is 9.57 Å². The van der Waals surface area contributed by atoms with Gasteiger partial charge in [-0.3, -0.25) is 4.79 Å². The van der Waals surface area contributed by atoms with Crippen LogP contribution >= 0.6 is 0 Å². The summed E-state index contributed by atoms with van der Waals surface area (Å²) in [6.45, 7) is 1.97. The van der Waals surface area contributed by atoms with Crippen LogP contribution in [0.2, 0.25) is 0 Å². The van der Waals surface area contributed by atoms with E-state index in [0.29, 0.717) is 5.56 Å². The van der Waals surface area contributed by atoms with Crippen molar-refractivity contribution in [3.63, 3.8) is 0 Å². The maximum absolute atomic E-state index is 14.7. The van der Waals surface area contributed by atoms with Crippen LogP contribution in [0.5, 0.6) is 0 Å². The molecule has 0 saturated carbocycles. The van der Waals surface area contributed by atoms with Gasteiger partial charge >= 0.3 is 12.1 Å². The zero-order valence-corrected chi connectivity index (χ0v) is 25.4. The second-order valence-electron chi connectivity index (χ2n) is 11.2. The van der Waals surface area contributed by atoms with Gasteiger partial charge in [0.1, 0.15) is 6.04 Å². The van der Waals surface area contributed by atoms with Crippen LogP contribution in [0.4, 0.5) is 4.79 Å². The molecule has 4 atom stereocenters. The highest BCUT2D eigenvalue weighted by atomic mass is 16.7. The van der Waals surface area contributed by atoms with Gasteiger partial charge in [-0.15, -0.1) is 5.06 Å². The van der Waals surface area contributed by atoms with Crippen LogP contribution in [0.1, 0.15) is 57.7 Å². The van der Waals surface area contributed by atoms with E-state index in [0.717, 1.165) is 22.3 Å². The summed E-state index contributed by atoms with van der Waals surface area (Å²) in [5.41, 5.74) is 3.58. The van der Waals surface area contributed by atoms with Crippen LogP contribution in [0.15, 0.2) is 152 Å². The topological polar surface area (TPSA) is 76.2 Å². The fourth-order valence-corrected chi connectivity index (χ4v) is 5.97. The first-order valence-electron chi connectivity index (χ1n) is 15.3. The molecule has 46 heavy (non-hydrogen) atoms. The van der Waals surface area contributed by atoms with Crippen LogP contribution < -0.4 is 0 Å². The minimum Gasteiger partial charge on any atom is -0.438 e. The van der Waals surface area contributed by atoms with E-state index < -0.39 is 42.1 Å². The van der Waals surface area contributed by atoms with Crippen LogP contribution in [0.3, 0.4) is 0 Å². The monoisotopic (exact) mass is 610 g/mol. The largest absolute Gasteiger partial charge is 0.438 e. The summed E-state index contributed by atoms with van der Waals surface area (Å²) in [5.74, 6) is -1.84. The number of imide groups is 1. The molecule has 1 fully saturated rings. The van der Waals surface area contributed by atoms with E-state index in [1.54, 1.807) is 36.3 Å². The molecule has 1 aliphatic heterocycles. The van der Waals surface area contributed by atoms with E-state index in [1.807, 2.05) is 127 Å². The number of ether oxygens (including phenoxy) is 1. The van der Waals surface area contributed by atoms with Gasteiger partial charge in [-0.2, -0.15) is 0 Å². The molecule has 0 spiro atoms. The summed E-state index contributed by atoms with van der Waals surface area (Å²) in [5, 5.41) is 1.55. The molecule has 230 valence electrons. The Kier molecular flexibility index (Phi) is 9.32. The number of cyclic esters (lactones) is 1. The lowest BCUT2D eigenvalue weighted by atomic mass is 9.90. The average molecular weight is 611 g/mol. The van der Waals surface area contributed by atoms with Gasteiger partial charge in [0.05, 0.1) is 24.1 Å². The van der Waals surface area contributed by atoms with Crippen molar-refractivity contribution < 1.29 is 24.0 Å². The van der Waals surface area contributed by atoms with Gasteiger partial charge in [0.25, 0.3) is 0 Å². The molecular weight excluding hydrogens is 576 g/mol. The van der Waals surface area contributed by atoms with Crippen molar-refractivity contribution in [2.45, 2.75) is 31.7 Å². The third-order valence-corrected chi connectivity index (χ3v) is 8.20. The molecule has 1 aliphatic rings. The van der Waals surface area contributed by atoms with Crippen molar-refractivity contribution >= 4 is 18.0 Å². The lowest BCUT2D eigenvalue weighted by Crippen LogP contribution is -2.44. The fourth-order valence-electron chi connectivity index (χ4n) is 5.97. The first-order chi connectivity index (χ1) is 22.5. The van der Waals surface area contributed by atoms with E-state index >= 15 is 0 Å².